The third-order valence-corrected chi connectivity index (χ3v) is 14.2. The number of esters is 1. The van der Waals surface area contributed by atoms with Crippen molar-refractivity contribution >= 4 is 11.9 Å². The molecule has 8 atom stereocenters. The van der Waals surface area contributed by atoms with E-state index in [1.807, 2.05) is 6.08 Å². The number of unbranched alkanes of at least 4 members (excludes halogenated alkanes) is 36. The first kappa shape index (κ1) is 65.4. The Hall–Kier alpha value is -1.60. The highest BCUT2D eigenvalue weighted by Crippen LogP contribution is 2.26. The molecule has 0 saturated carbocycles. The van der Waals surface area contributed by atoms with Crippen LogP contribution in [0.2, 0.25) is 0 Å². The maximum absolute atomic E-state index is 13.4. The fourth-order valence-corrected chi connectivity index (χ4v) is 9.48. The van der Waals surface area contributed by atoms with E-state index in [0.717, 1.165) is 57.8 Å². The molecule has 1 rings (SSSR count). The van der Waals surface area contributed by atoms with Gasteiger partial charge in [-0.15, -0.1) is 0 Å². The summed E-state index contributed by atoms with van der Waals surface area (Å²) in [5.41, 5.74) is 0. The van der Waals surface area contributed by atoms with Gasteiger partial charge >= 0.3 is 5.97 Å². The van der Waals surface area contributed by atoms with Gasteiger partial charge in [0.25, 0.3) is 0 Å². The summed E-state index contributed by atoms with van der Waals surface area (Å²) in [6.07, 6.45) is 41.1. The zero-order valence-electron chi connectivity index (χ0n) is 45.0. The van der Waals surface area contributed by atoms with Crippen molar-refractivity contribution in [1.29, 1.82) is 0 Å². The third kappa shape index (κ3) is 36.1. The third-order valence-electron chi connectivity index (χ3n) is 14.2. The van der Waals surface area contributed by atoms with Crippen LogP contribution in [-0.4, -0.2) is 99.6 Å². The normalized spacial score (nSPS) is 19.8. The van der Waals surface area contributed by atoms with Crippen LogP contribution in [0.4, 0.5) is 0 Å². The van der Waals surface area contributed by atoms with Gasteiger partial charge in [0.1, 0.15) is 24.4 Å². The number of ether oxygens (including phenoxy) is 3. The molecule has 6 N–H and O–H groups in total. The zero-order chi connectivity index (χ0) is 50.4. The Morgan fingerprint density at radius 1 is 0.551 bits per heavy atom. The number of hydrogen-bond acceptors (Lipinski definition) is 10. The molecule has 0 radical (unpaired) electrons. The van der Waals surface area contributed by atoms with Gasteiger partial charge in [0.05, 0.1) is 25.4 Å². The minimum atomic E-state index is -1.60. The number of rotatable bonds is 50. The summed E-state index contributed by atoms with van der Waals surface area (Å²) >= 11 is 0. The molecule has 11 nitrogen and oxygen atoms in total. The Labute approximate surface area is 423 Å². The van der Waals surface area contributed by atoms with Gasteiger partial charge in [-0.1, -0.05) is 264 Å². The molecular formula is C58H111NO10. The maximum Gasteiger partial charge on any atom is 0.306 e. The summed E-state index contributed by atoms with van der Waals surface area (Å²) in [7, 11) is 0. The molecule has 0 aromatic carbocycles. The standard InChI is InChI=1S/C58H111NO10/c1-4-7-10-13-16-19-22-25-26-28-31-34-37-40-43-46-53(63)69-56-55(65)54(64)52(47-60)68-58(56)67-48-49(50(61)44-41-38-35-32-30-27-23-20-17-14-11-8-5-2)59-57(66)51(62)45-42-39-36-33-29-24-21-18-15-12-9-6-3/h41,44,49-52,54-56,58,60-62,64-65H,4-40,42-43,45-48H2,1-3H3,(H,59,66)/b44-41+. The Bertz CT molecular complexity index is 1170. The van der Waals surface area contributed by atoms with Crippen LogP contribution >= 0.6 is 0 Å². The van der Waals surface area contributed by atoms with E-state index in [1.165, 1.54) is 180 Å². The quantitative estimate of drug-likeness (QED) is 0.0195. The van der Waals surface area contributed by atoms with Crippen LogP contribution in [0, 0.1) is 0 Å². The Kier molecular flexibility index (Phi) is 44.9. The van der Waals surface area contributed by atoms with E-state index in [4.69, 9.17) is 14.2 Å². The molecule has 1 aliphatic rings. The molecule has 11 heteroatoms. The molecule has 1 fully saturated rings. The number of amides is 1. The van der Waals surface area contributed by atoms with Crippen molar-refractivity contribution in [3.63, 3.8) is 0 Å². The summed E-state index contributed by atoms with van der Waals surface area (Å²) in [6.45, 7) is 5.80. The number of carbonyl (C=O) groups excluding carboxylic acids is 2. The summed E-state index contributed by atoms with van der Waals surface area (Å²) < 4.78 is 17.6. The SMILES string of the molecule is CCCCCCCCCCCCC/C=C/C(O)C(COC1OC(CO)C(O)C(O)C1OC(=O)CCCCCCCCCCCCCCCCC)NC(=O)C(O)CCCCCCCCCCCCCC. The van der Waals surface area contributed by atoms with Gasteiger partial charge in [-0.25, -0.2) is 0 Å². The van der Waals surface area contributed by atoms with Crippen LogP contribution in [-0.2, 0) is 23.8 Å². The lowest BCUT2D eigenvalue weighted by atomic mass is 9.99. The Morgan fingerprint density at radius 3 is 1.36 bits per heavy atom. The van der Waals surface area contributed by atoms with Crippen LogP contribution in [0.5, 0.6) is 0 Å². The van der Waals surface area contributed by atoms with E-state index in [-0.39, 0.29) is 13.0 Å². The van der Waals surface area contributed by atoms with E-state index in [0.29, 0.717) is 19.3 Å². The summed E-state index contributed by atoms with van der Waals surface area (Å²) in [6, 6.07) is -1.01. The van der Waals surface area contributed by atoms with Crippen LogP contribution in [0.15, 0.2) is 12.2 Å². The molecule has 1 saturated heterocycles. The second-order valence-electron chi connectivity index (χ2n) is 20.7. The Morgan fingerprint density at radius 2 is 0.942 bits per heavy atom. The fraction of sp³-hybridized carbons (Fsp3) is 0.931. The number of aliphatic hydroxyl groups is 5. The number of allylic oxidation sites excluding steroid dienone is 1. The zero-order valence-corrected chi connectivity index (χ0v) is 45.0. The maximum atomic E-state index is 13.4. The van der Waals surface area contributed by atoms with Crippen LogP contribution < -0.4 is 5.32 Å². The lowest BCUT2D eigenvalue weighted by Gasteiger charge is -2.41. The first-order chi connectivity index (χ1) is 33.7. The minimum absolute atomic E-state index is 0.131. The van der Waals surface area contributed by atoms with E-state index in [2.05, 4.69) is 26.1 Å². The van der Waals surface area contributed by atoms with Crippen molar-refractivity contribution in [2.45, 2.75) is 333 Å². The second-order valence-corrected chi connectivity index (χ2v) is 20.7. The smallest absolute Gasteiger partial charge is 0.306 e. The molecular weight excluding hydrogens is 871 g/mol. The predicted molar refractivity (Wildman–Crippen MR) is 283 cm³/mol. The Balaban J connectivity index is 2.72. The molecule has 408 valence electrons. The van der Waals surface area contributed by atoms with Gasteiger partial charge in [0.2, 0.25) is 5.91 Å². The number of nitrogens with one attached hydrogen (secondary N) is 1. The van der Waals surface area contributed by atoms with Crippen LogP contribution in [0.3, 0.4) is 0 Å². The molecule has 0 bridgehead atoms. The first-order valence-electron chi connectivity index (χ1n) is 29.5. The van der Waals surface area contributed by atoms with E-state index < -0.39 is 67.4 Å². The van der Waals surface area contributed by atoms with Crippen LogP contribution in [0.1, 0.15) is 284 Å². The highest BCUT2D eigenvalue weighted by atomic mass is 16.7. The van der Waals surface area contributed by atoms with Gasteiger partial charge in [-0.2, -0.15) is 0 Å². The molecule has 0 aliphatic carbocycles. The van der Waals surface area contributed by atoms with Gasteiger partial charge in [0.15, 0.2) is 12.4 Å². The van der Waals surface area contributed by atoms with E-state index >= 15 is 0 Å². The second kappa shape index (κ2) is 47.4. The van der Waals surface area contributed by atoms with Crippen LogP contribution in [0.25, 0.3) is 0 Å². The van der Waals surface area contributed by atoms with Crippen molar-refractivity contribution in [2.75, 3.05) is 13.2 Å². The lowest BCUT2D eigenvalue weighted by molar-refractivity contribution is -0.305. The number of hydrogen-bond donors (Lipinski definition) is 6. The van der Waals surface area contributed by atoms with Gasteiger partial charge < -0.3 is 45.1 Å². The molecule has 8 unspecified atom stereocenters. The van der Waals surface area contributed by atoms with Gasteiger partial charge in [-0.05, 0) is 25.7 Å². The topological polar surface area (TPSA) is 175 Å². The van der Waals surface area contributed by atoms with E-state index in [9.17, 15) is 35.1 Å². The highest BCUT2D eigenvalue weighted by Gasteiger charge is 2.47. The molecule has 0 aromatic heterocycles. The van der Waals surface area contributed by atoms with E-state index in [1.54, 1.807) is 6.08 Å². The molecule has 0 aromatic rings. The predicted octanol–water partition coefficient (Wildman–Crippen LogP) is 13.2. The average molecular weight is 983 g/mol. The molecule has 1 amide bonds. The molecule has 0 spiro atoms. The van der Waals surface area contributed by atoms with Gasteiger partial charge in [0, 0.05) is 6.42 Å². The monoisotopic (exact) mass is 982 g/mol. The van der Waals surface area contributed by atoms with Crippen molar-refractivity contribution in [2.24, 2.45) is 0 Å². The summed E-state index contributed by atoms with van der Waals surface area (Å²) in [5, 5.41) is 56.8. The van der Waals surface area contributed by atoms with Crippen molar-refractivity contribution in [1.82, 2.24) is 5.32 Å². The molecule has 1 aliphatic heterocycles. The van der Waals surface area contributed by atoms with Crippen molar-refractivity contribution < 1.29 is 49.3 Å². The van der Waals surface area contributed by atoms with Gasteiger partial charge in [-0.3, -0.25) is 9.59 Å². The number of aliphatic hydroxyl groups excluding tert-OH is 5. The first-order valence-corrected chi connectivity index (χ1v) is 29.5. The largest absolute Gasteiger partial charge is 0.454 e. The lowest BCUT2D eigenvalue weighted by Crippen LogP contribution is -2.61. The summed E-state index contributed by atoms with van der Waals surface area (Å²) in [4.78, 5) is 26.4. The van der Waals surface area contributed by atoms with Crippen molar-refractivity contribution in [3.05, 3.63) is 12.2 Å². The average Bonchev–Trinajstić information content (AvgIpc) is 3.34. The van der Waals surface area contributed by atoms with Crippen molar-refractivity contribution in [3.8, 4) is 0 Å². The highest BCUT2D eigenvalue weighted by molar-refractivity contribution is 5.80. The molecule has 69 heavy (non-hydrogen) atoms. The molecule has 1 heterocycles. The summed E-state index contributed by atoms with van der Waals surface area (Å²) in [5.74, 6) is -1.18. The minimum Gasteiger partial charge on any atom is -0.454 e. The number of carbonyl (C=O) groups is 2. The fourth-order valence-electron chi connectivity index (χ4n) is 9.48.